The molecule has 1 fully saturated rings. The fourth-order valence-electron chi connectivity index (χ4n) is 1.90. The Hall–Kier alpha value is -1.21. The van der Waals surface area contributed by atoms with Crippen molar-refractivity contribution in [3.8, 4) is 0 Å². The number of anilines is 1. The summed E-state index contributed by atoms with van der Waals surface area (Å²) < 4.78 is 52.4. The highest BCUT2D eigenvalue weighted by Gasteiger charge is 2.28. The fourth-order valence-corrected chi connectivity index (χ4v) is 3.35. The molecule has 4 nitrogen and oxygen atoms in total. The first-order valence-electron chi connectivity index (χ1n) is 5.67. The quantitative estimate of drug-likeness (QED) is 0.878. The van der Waals surface area contributed by atoms with Crippen molar-refractivity contribution in [3.63, 3.8) is 0 Å². The van der Waals surface area contributed by atoms with Crippen LogP contribution in [0.4, 0.5) is 14.5 Å². The normalized spacial score (nSPS) is 20.7. The summed E-state index contributed by atoms with van der Waals surface area (Å²) in [5.41, 5.74) is -0.347. The Kier molecular flexibility index (Phi) is 3.82. The minimum Gasteiger partial charge on any atom is -0.315 e. The van der Waals surface area contributed by atoms with Crippen LogP contribution in [-0.2, 0) is 10.0 Å². The lowest BCUT2D eigenvalue weighted by Crippen LogP contribution is -2.41. The average molecular weight is 276 g/mol. The first-order chi connectivity index (χ1) is 8.50. The number of hydrogen-bond donors (Lipinski definition) is 2. The highest BCUT2D eigenvalue weighted by atomic mass is 32.2. The number of piperidine rings is 1. The Morgan fingerprint density at radius 1 is 1.33 bits per heavy atom. The fraction of sp³-hybridized carbons (Fsp3) is 0.455. The molecule has 1 atom stereocenters. The van der Waals surface area contributed by atoms with Gasteiger partial charge in [-0.1, -0.05) is 6.07 Å². The van der Waals surface area contributed by atoms with Gasteiger partial charge in [-0.2, -0.15) is 0 Å². The average Bonchev–Trinajstić information content (AvgIpc) is 2.36. The Morgan fingerprint density at radius 3 is 2.78 bits per heavy atom. The van der Waals surface area contributed by atoms with Crippen molar-refractivity contribution in [2.45, 2.75) is 18.1 Å². The minimum atomic E-state index is -3.69. The molecule has 7 heteroatoms. The molecule has 2 N–H and O–H groups in total. The van der Waals surface area contributed by atoms with Gasteiger partial charge in [-0.05, 0) is 31.5 Å². The third-order valence-electron chi connectivity index (χ3n) is 2.89. The maximum Gasteiger partial charge on any atom is 0.236 e. The molecule has 0 bridgehead atoms. The molecule has 1 unspecified atom stereocenters. The molecule has 18 heavy (non-hydrogen) atoms. The van der Waals surface area contributed by atoms with Crippen LogP contribution in [0.5, 0.6) is 0 Å². The molecule has 1 aliphatic rings. The van der Waals surface area contributed by atoms with Crippen molar-refractivity contribution in [1.82, 2.24) is 5.32 Å². The van der Waals surface area contributed by atoms with E-state index in [0.29, 0.717) is 13.0 Å². The maximum absolute atomic E-state index is 13.4. The van der Waals surface area contributed by atoms with Crippen LogP contribution < -0.4 is 10.0 Å². The van der Waals surface area contributed by atoms with Gasteiger partial charge in [-0.25, -0.2) is 17.2 Å². The van der Waals surface area contributed by atoms with Crippen molar-refractivity contribution < 1.29 is 17.2 Å². The molecule has 1 aromatic carbocycles. The Labute approximate surface area is 104 Å². The standard InChI is InChI=1S/C11H14F2N2O2S/c12-9-4-1-5-10(11(9)13)15-18(16,17)8-3-2-6-14-7-8/h1,4-5,8,14-15H,2-3,6-7H2. The Bertz CT molecular complexity index is 528. The second-order valence-corrected chi connectivity index (χ2v) is 6.18. The maximum atomic E-state index is 13.4. The highest BCUT2D eigenvalue weighted by molar-refractivity contribution is 7.93. The molecule has 0 saturated carbocycles. The first-order valence-corrected chi connectivity index (χ1v) is 7.22. The molecule has 1 heterocycles. The molecule has 1 aromatic rings. The SMILES string of the molecule is O=S(=O)(Nc1cccc(F)c1F)C1CCCNC1. The molecule has 0 aliphatic carbocycles. The van der Waals surface area contributed by atoms with Gasteiger partial charge < -0.3 is 5.32 Å². The second-order valence-electron chi connectivity index (χ2n) is 4.22. The monoisotopic (exact) mass is 276 g/mol. The van der Waals surface area contributed by atoms with E-state index >= 15 is 0 Å². The summed E-state index contributed by atoms with van der Waals surface area (Å²) in [6, 6.07) is 3.40. The van der Waals surface area contributed by atoms with E-state index in [1.54, 1.807) is 0 Å². The molecule has 2 rings (SSSR count). The molecular weight excluding hydrogens is 262 g/mol. The highest BCUT2D eigenvalue weighted by Crippen LogP contribution is 2.21. The lowest BCUT2D eigenvalue weighted by atomic mass is 10.2. The summed E-state index contributed by atoms with van der Waals surface area (Å²) in [7, 11) is -3.69. The second kappa shape index (κ2) is 5.19. The van der Waals surface area contributed by atoms with Crippen LogP contribution in [-0.4, -0.2) is 26.8 Å². The summed E-state index contributed by atoms with van der Waals surface area (Å²) in [5, 5.41) is 2.35. The predicted molar refractivity (Wildman–Crippen MR) is 64.8 cm³/mol. The molecule has 0 radical (unpaired) electrons. The van der Waals surface area contributed by atoms with Crippen molar-refractivity contribution in [2.24, 2.45) is 0 Å². The van der Waals surface area contributed by atoms with Crippen LogP contribution in [0.15, 0.2) is 18.2 Å². The molecule has 1 saturated heterocycles. The van der Waals surface area contributed by atoms with E-state index in [2.05, 4.69) is 10.0 Å². The zero-order valence-electron chi connectivity index (χ0n) is 9.62. The number of hydrogen-bond acceptors (Lipinski definition) is 3. The van der Waals surface area contributed by atoms with Gasteiger partial charge in [0.25, 0.3) is 0 Å². The lowest BCUT2D eigenvalue weighted by Gasteiger charge is -2.23. The number of benzene rings is 1. The molecular formula is C11H14F2N2O2S. The minimum absolute atomic E-state index is 0.326. The van der Waals surface area contributed by atoms with E-state index in [1.165, 1.54) is 12.1 Å². The summed E-state index contributed by atoms with van der Waals surface area (Å²) in [6.45, 7) is 1.10. The van der Waals surface area contributed by atoms with Crippen LogP contribution in [0, 0.1) is 11.6 Å². The third-order valence-corrected chi connectivity index (χ3v) is 4.68. The number of sulfonamides is 1. The zero-order valence-corrected chi connectivity index (χ0v) is 10.4. The number of rotatable bonds is 3. The van der Waals surface area contributed by atoms with Gasteiger partial charge in [0.05, 0.1) is 10.9 Å². The van der Waals surface area contributed by atoms with Crippen LogP contribution in [0.25, 0.3) is 0 Å². The van der Waals surface area contributed by atoms with E-state index in [9.17, 15) is 17.2 Å². The van der Waals surface area contributed by atoms with E-state index < -0.39 is 26.9 Å². The Balaban J connectivity index is 2.19. The van der Waals surface area contributed by atoms with Crippen LogP contribution in [0.1, 0.15) is 12.8 Å². The molecule has 0 aromatic heterocycles. The van der Waals surface area contributed by atoms with E-state index in [-0.39, 0.29) is 5.69 Å². The van der Waals surface area contributed by atoms with Crippen molar-refractivity contribution in [3.05, 3.63) is 29.8 Å². The predicted octanol–water partition coefficient (Wildman–Crippen LogP) is 1.46. The molecule has 0 spiro atoms. The molecule has 100 valence electrons. The summed E-state index contributed by atoms with van der Waals surface area (Å²) in [6.07, 6.45) is 1.26. The van der Waals surface area contributed by atoms with Crippen LogP contribution in [0.2, 0.25) is 0 Å². The van der Waals surface area contributed by atoms with Gasteiger partial charge in [0, 0.05) is 6.54 Å². The van der Waals surface area contributed by atoms with Gasteiger partial charge >= 0.3 is 0 Å². The van der Waals surface area contributed by atoms with Crippen molar-refractivity contribution in [1.29, 1.82) is 0 Å². The smallest absolute Gasteiger partial charge is 0.236 e. The summed E-state index contributed by atoms with van der Waals surface area (Å²) in [4.78, 5) is 0. The lowest BCUT2D eigenvalue weighted by molar-refractivity contribution is 0.497. The number of nitrogens with one attached hydrogen (secondary N) is 2. The molecule has 0 amide bonds. The molecule has 1 aliphatic heterocycles. The van der Waals surface area contributed by atoms with Crippen LogP contribution in [0.3, 0.4) is 0 Å². The van der Waals surface area contributed by atoms with Crippen molar-refractivity contribution in [2.75, 3.05) is 17.8 Å². The van der Waals surface area contributed by atoms with Gasteiger partial charge in [-0.3, -0.25) is 4.72 Å². The Morgan fingerprint density at radius 2 is 2.11 bits per heavy atom. The van der Waals surface area contributed by atoms with Gasteiger partial charge in [-0.15, -0.1) is 0 Å². The third kappa shape index (κ3) is 2.78. The largest absolute Gasteiger partial charge is 0.315 e. The van der Waals surface area contributed by atoms with Crippen LogP contribution >= 0.6 is 0 Å². The summed E-state index contributed by atoms with van der Waals surface area (Å²) >= 11 is 0. The zero-order chi connectivity index (χ0) is 13.2. The summed E-state index contributed by atoms with van der Waals surface area (Å²) in [5.74, 6) is -2.25. The van der Waals surface area contributed by atoms with E-state index in [4.69, 9.17) is 0 Å². The van der Waals surface area contributed by atoms with Crippen molar-refractivity contribution >= 4 is 15.7 Å². The van der Waals surface area contributed by atoms with Gasteiger partial charge in [0.1, 0.15) is 0 Å². The topological polar surface area (TPSA) is 58.2 Å². The first kappa shape index (κ1) is 13.2. The van der Waals surface area contributed by atoms with E-state index in [1.807, 2.05) is 0 Å². The van der Waals surface area contributed by atoms with E-state index in [0.717, 1.165) is 19.0 Å². The van der Waals surface area contributed by atoms with Gasteiger partial charge in [0.15, 0.2) is 11.6 Å². The number of halogens is 2. The van der Waals surface area contributed by atoms with Gasteiger partial charge in [0.2, 0.25) is 10.0 Å².